The number of piperazine rings is 1. The van der Waals surface area contributed by atoms with Gasteiger partial charge in [-0.15, -0.1) is 0 Å². The second-order valence-electron chi connectivity index (χ2n) is 5.46. The smallest absolute Gasteiger partial charge is 0.0928 e. The second kappa shape index (κ2) is 6.66. The van der Waals surface area contributed by atoms with Crippen LogP contribution in [0.1, 0.15) is 40.0 Å². The maximum atomic E-state index is 5.81. The van der Waals surface area contributed by atoms with Gasteiger partial charge in [-0.25, -0.2) is 0 Å². The number of hydrogen-bond acceptors (Lipinski definition) is 3. The molecule has 0 aromatic rings. The van der Waals surface area contributed by atoms with Crippen molar-refractivity contribution in [2.45, 2.75) is 45.6 Å². The molecule has 1 heterocycles. The highest BCUT2D eigenvalue weighted by Crippen LogP contribution is 2.17. The maximum Gasteiger partial charge on any atom is 0.0928 e. The Labute approximate surface area is 111 Å². The zero-order valence-electron chi connectivity index (χ0n) is 11.5. The first-order valence-corrected chi connectivity index (χ1v) is 7.16. The Morgan fingerprint density at radius 1 is 1.18 bits per heavy atom. The van der Waals surface area contributed by atoms with Crippen molar-refractivity contribution in [2.75, 3.05) is 32.7 Å². The van der Waals surface area contributed by atoms with E-state index in [0.29, 0.717) is 4.99 Å². The molecule has 0 aromatic carbocycles. The largest absolute Gasteiger partial charge is 0.392 e. The van der Waals surface area contributed by atoms with Gasteiger partial charge in [-0.2, -0.15) is 0 Å². The summed E-state index contributed by atoms with van der Waals surface area (Å²) in [5.41, 5.74) is 5.68. The summed E-state index contributed by atoms with van der Waals surface area (Å²) in [6.45, 7) is 12.2. The summed E-state index contributed by atoms with van der Waals surface area (Å²) < 4.78 is 0. The monoisotopic (exact) mass is 257 g/mol. The van der Waals surface area contributed by atoms with Gasteiger partial charge in [-0.1, -0.05) is 32.0 Å². The molecule has 100 valence electrons. The van der Waals surface area contributed by atoms with E-state index in [9.17, 15) is 0 Å². The van der Waals surface area contributed by atoms with Gasteiger partial charge in [-0.05, 0) is 26.8 Å². The molecule has 0 amide bonds. The van der Waals surface area contributed by atoms with Crippen LogP contribution in [0.15, 0.2) is 0 Å². The first-order chi connectivity index (χ1) is 7.98. The molecule has 0 saturated carbocycles. The minimum Gasteiger partial charge on any atom is -0.392 e. The van der Waals surface area contributed by atoms with E-state index in [0.717, 1.165) is 26.2 Å². The van der Waals surface area contributed by atoms with Crippen LogP contribution in [0.25, 0.3) is 0 Å². The summed E-state index contributed by atoms with van der Waals surface area (Å²) in [5.74, 6) is 0. The van der Waals surface area contributed by atoms with E-state index in [1.54, 1.807) is 0 Å². The molecule has 1 rings (SSSR count). The van der Waals surface area contributed by atoms with E-state index in [1.807, 2.05) is 0 Å². The molecule has 0 aliphatic carbocycles. The Morgan fingerprint density at radius 3 is 2.24 bits per heavy atom. The molecule has 1 saturated heterocycles. The first kappa shape index (κ1) is 14.9. The van der Waals surface area contributed by atoms with Crippen LogP contribution in [0.5, 0.6) is 0 Å². The van der Waals surface area contributed by atoms with Crippen molar-refractivity contribution < 1.29 is 0 Å². The second-order valence-corrected chi connectivity index (χ2v) is 5.90. The quantitative estimate of drug-likeness (QED) is 0.581. The molecular weight excluding hydrogens is 230 g/mol. The van der Waals surface area contributed by atoms with Gasteiger partial charge < -0.3 is 10.6 Å². The molecule has 0 unspecified atom stereocenters. The summed E-state index contributed by atoms with van der Waals surface area (Å²) in [4.78, 5) is 5.57. The van der Waals surface area contributed by atoms with Crippen LogP contribution < -0.4 is 5.73 Å². The molecule has 1 aliphatic heterocycles. The first-order valence-electron chi connectivity index (χ1n) is 6.75. The zero-order valence-corrected chi connectivity index (χ0v) is 12.4. The van der Waals surface area contributed by atoms with Gasteiger partial charge in [0.05, 0.1) is 10.5 Å². The molecule has 4 heteroatoms. The van der Waals surface area contributed by atoms with Crippen LogP contribution in [-0.2, 0) is 0 Å². The zero-order chi connectivity index (χ0) is 12.9. The van der Waals surface area contributed by atoms with Crippen molar-refractivity contribution >= 4 is 17.2 Å². The van der Waals surface area contributed by atoms with E-state index >= 15 is 0 Å². The fourth-order valence-electron chi connectivity index (χ4n) is 2.27. The van der Waals surface area contributed by atoms with Crippen LogP contribution in [0.2, 0.25) is 0 Å². The van der Waals surface area contributed by atoms with E-state index in [2.05, 4.69) is 30.6 Å². The van der Waals surface area contributed by atoms with Crippen molar-refractivity contribution in [2.24, 2.45) is 5.73 Å². The lowest BCUT2D eigenvalue weighted by molar-refractivity contribution is 0.0851. The highest BCUT2D eigenvalue weighted by atomic mass is 32.1. The van der Waals surface area contributed by atoms with E-state index in [1.165, 1.54) is 25.8 Å². The summed E-state index contributed by atoms with van der Waals surface area (Å²) in [6, 6.07) is 0. The van der Waals surface area contributed by atoms with E-state index < -0.39 is 0 Å². The molecule has 2 N–H and O–H groups in total. The Bertz CT molecular complexity index is 245. The van der Waals surface area contributed by atoms with Crippen LogP contribution >= 0.6 is 12.2 Å². The Hall–Kier alpha value is -0.190. The Morgan fingerprint density at radius 2 is 1.76 bits per heavy atom. The van der Waals surface area contributed by atoms with Gasteiger partial charge in [0.25, 0.3) is 0 Å². The number of unbranched alkanes of at least 4 members (excludes halogenated alkanes) is 2. The summed E-state index contributed by atoms with van der Waals surface area (Å²) in [5, 5.41) is 0. The minimum absolute atomic E-state index is 0.134. The Kier molecular flexibility index (Phi) is 5.83. The maximum absolute atomic E-state index is 5.81. The minimum atomic E-state index is -0.134. The predicted octanol–water partition coefficient (Wildman–Crippen LogP) is 1.86. The molecule has 0 radical (unpaired) electrons. The molecule has 3 nitrogen and oxygen atoms in total. The lowest BCUT2D eigenvalue weighted by Crippen LogP contribution is -2.59. The molecule has 1 aliphatic rings. The van der Waals surface area contributed by atoms with Gasteiger partial charge >= 0.3 is 0 Å². The van der Waals surface area contributed by atoms with Gasteiger partial charge in [0.2, 0.25) is 0 Å². The van der Waals surface area contributed by atoms with Crippen molar-refractivity contribution in [3.05, 3.63) is 0 Å². The van der Waals surface area contributed by atoms with Gasteiger partial charge in [0.1, 0.15) is 0 Å². The van der Waals surface area contributed by atoms with E-state index in [-0.39, 0.29) is 5.54 Å². The highest BCUT2D eigenvalue weighted by molar-refractivity contribution is 7.80. The average Bonchev–Trinajstić information content (AvgIpc) is 2.30. The number of thiocarbonyl (C=S) groups is 1. The Balaban J connectivity index is 2.33. The number of nitrogens with zero attached hydrogens (tertiary/aromatic N) is 2. The highest BCUT2D eigenvalue weighted by Gasteiger charge is 2.31. The molecular formula is C13H27N3S. The van der Waals surface area contributed by atoms with Gasteiger partial charge in [-0.3, -0.25) is 4.90 Å². The lowest BCUT2D eigenvalue weighted by atomic mass is 10.0. The fourth-order valence-corrected chi connectivity index (χ4v) is 2.40. The number of hydrogen-bond donors (Lipinski definition) is 1. The average molecular weight is 257 g/mol. The van der Waals surface area contributed by atoms with Crippen LogP contribution in [0.3, 0.4) is 0 Å². The summed E-state index contributed by atoms with van der Waals surface area (Å²) in [7, 11) is 0. The molecule has 1 fully saturated rings. The van der Waals surface area contributed by atoms with E-state index in [4.69, 9.17) is 18.0 Å². The SMILES string of the molecule is CCCCCN1CCN(C(C)(C)C(N)=S)CC1. The summed E-state index contributed by atoms with van der Waals surface area (Å²) >= 11 is 5.15. The molecule has 0 aromatic heterocycles. The van der Waals surface area contributed by atoms with Crippen molar-refractivity contribution in [1.82, 2.24) is 9.80 Å². The number of rotatable bonds is 6. The third kappa shape index (κ3) is 4.19. The molecule has 17 heavy (non-hydrogen) atoms. The topological polar surface area (TPSA) is 32.5 Å². The van der Waals surface area contributed by atoms with Crippen molar-refractivity contribution in [3.63, 3.8) is 0 Å². The summed E-state index contributed by atoms with van der Waals surface area (Å²) in [6.07, 6.45) is 3.97. The molecule has 0 atom stereocenters. The van der Waals surface area contributed by atoms with Crippen LogP contribution in [-0.4, -0.2) is 53.1 Å². The lowest BCUT2D eigenvalue weighted by Gasteiger charge is -2.43. The molecule has 0 bridgehead atoms. The van der Waals surface area contributed by atoms with Crippen molar-refractivity contribution in [3.8, 4) is 0 Å². The third-order valence-corrected chi connectivity index (χ3v) is 4.34. The van der Waals surface area contributed by atoms with Crippen LogP contribution in [0, 0.1) is 0 Å². The van der Waals surface area contributed by atoms with Gasteiger partial charge in [0.15, 0.2) is 0 Å². The predicted molar refractivity (Wildman–Crippen MR) is 78.4 cm³/mol. The van der Waals surface area contributed by atoms with Crippen molar-refractivity contribution in [1.29, 1.82) is 0 Å². The molecule has 0 spiro atoms. The fraction of sp³-hybridized carbons (Fsp3) is 0.923. The number of nitrogens with two attached hydrogens (primary N) is 1. The standard InChI is InChI=1S/C13H27N3S/c1-4-5-6-7-15-8-10-16(11-9-15)13(2,3)12(14)17/h4-11H2,1-3H3,(H2,14,17). The third-order valence-electron chi connectivity index (χ3n) is 3.84. The van der Waals surface area contributed by atoms with Gasteiger partial charge in [0, 0.05) is 26.2 Å². The van der Waals surface area contributed by atoms with Crippen LogP contribution in [0.4, 0.5) is 0 Å². The normalized spacial score (nSPS) is 19.5.